The summed E-state index contributed by atoms with van der Waals surface area (Å²) in [4.78, 5) is 2.75. The van der Waals surface area contributed by atoms with Gasteiger partial charge in [0.1, 0.15) is 0 Å². The molecule has 1 aliphatic heterocycles. The molecule has 0 bridgehead atoms. The molecule has 1 aliphatic rings. The highest BCUT2D eigenvalue weighted by molar-refractivity contribution is 4.91. The number of rotatable bonds is 8. The summed E-state index contributed by atoms with van der Waals surface area (Å²) in [5.74, 6) is 0. The largest absolute Gasteiger partial charge is 0.315 e. The highest BCUT2D eigenvalue weighted by Crippen LogP contribution is 2.38. The molecule has 1 saturated heterocycles. The van der Waals surface area contributed by atoms with Crippen LogP contribution in [0.15, 0.2) is 0 Å². The smallest absolute Gasteiger partial charge is 0.0220 e. The Bertz CT molecular complexity index is 199. The summed E-state index contributed by atoms with van der Waals surface area (Å²) in [6.45, 7) is 14.2. The van der Waals surface area contributed by atoms with Gasteiger partial charge in [-0.05, 0) is 44.2 Å². The number of nitrogens with one attached hydrogen (secondary N) is 1. The standard InChI is InChI=1S/C15H32N2/c1-5-9-14(12-16-8-4)17-11-10-15(6-2,7-3)13-17/h14,16H,5-13H2,1-4H3. The van der Waals surface area contributed by atoms with Crippen molar-refractivity contribution >= 4 is 0 Å². The second-order valence-corrected chi connectivity index (χ2v) is 5.68. The molecular formula is C15H32N2. The van der Waals surface area contributed by atoms with Crippen molar-refractivity contribution in [2.75, 3.05) is 26.2 Å². The van der Waals surface area contributed by atoms with E-state index in [0.29, 0.717) is 5.41 Å². The predicted molar refractivity (Wildman–Crippen MR) is 76.4 cm³/mol. The van der Waals surface area contributed by atoms with E-state index < -0.39 is 0 Å². The summed E-state index contributed by atoms with van der Waals surface area (Å²) in [6.07, 6.45) is 6.75. The first-order valence-electron chi connectivity index (χ1n) is 7.66. The Morgan fingerprint density at radius 1 is 1.18 bits per heavy atom. The molecule has 0 aromatic carbocycles. The summed E-state index contributed by atoms with van der Waals surface area (Å²) in [5.41, 5.74) is 0.623. The highest BCUT2D eigenvalue weighted by atomic mass is 15.2. The lowest BCUT2D eigenvalue weighted by Crippen LogP contribution is -2.42. The summed E-state index contributed by atoms with van der Waals surface area (Å²) in [7, 11) is 0. The van der Waals surface area contributed by atoms with Crippen molar-refractivity contribution in [3.05, 3.63) is 0 Å². The normalized spacial score (nSPS) is 21.9. The quantitative estimate of drug-likeness (QED) is 0.700. The molecule has 1 heterocycles. The van der Waals surface area contributed by atoms with Crippen LogP contribution in [0.5, 0.6) is 0 Å². The molecule has 1 unspecified atom stereocenters. The third-order valence-corrected chi connectivity index (χ3v) is 4.74. The third-order valence-electron chi connectivity index (χ3n) is 4.74. The van der Waals surface area contributed by atoms with E-state index in [2.05, 4.69) is 37.9 Å². The number of nitrogens with zero attached hydrogens (tertiary/aromatic N) is 1. The maximum Gasteiger partial charge on any atom is 0.0220 e. The van der Waals surface area contributed by atoms with E-state index >= 15 is 0 Å². The van der Waals surface area contributed by atoms with Gasteiger partial charge in [0.2, 0.25) is 0 Å². The van der Waals surface area contributed by atoms with Gasteiger partial charge in [0.15, 0.2) is 0 Å². The minimum Gasteiger partial charge on any atom is -0.315 e. The van der Waals surface area contributed by atoms with Gasteiger partial charge in [-0.2, -0.15) is 0 Å². The lowest BCUT2D eigenvalue weighted by molar-refractivity contribution is 0.182. The molecule has 1 fully saturated rings. The fourth-order valence-corrected chi connectivity index (χ4v) is 3.17. The zero-order valence-electron chi connectivity index (χ0n) is 12.4. The van der Waals surface area contributed by atoms with E-state index in [-0.39, 0.29) is 0 Å². The van der Waals surface area contributed by atoms with Crippen LogP contribution in [0.4, 0.5) is 0 Å². The summed E-state index contributed by atoms with van der Waals surface area (Å²) in [5, 5.41) is 3.53. The molecule has 2 nitrogen and oxygen atoms in total. The Balaban J connectivity index is 2.52. The topological polar surface area (TPSA) is 15.3 Å². The van der Waals surface area contributed by atoms with Crippen molar-refractivity contribution in [3.8, 4) is 0 Å². The van der Waals surface area contributed by atoms with Crippen LogP contribution >= 0.6 is 0 Å². The first-order chi connectivity index (χ1) is 8.21. The maximum absolute atomic E-state index is 3.53. The van der Waals surface area contributed by atoms with E-state index in [1.54, 1.807) is 0 Å². The van der Waals surface area contributed by atoms with E-state index in [1.165, 1.54) is 51.7 Å². The first-order valence-corrected chi connectivity index (χ1v) is 7.66. The predicted octanol–water partition coefficient (Wildman–Crippen LogP) is 3.28. The van der Waals surface area contributed by atoms with E-state index in [4.69, 9.17) is 0 Å². The van der Waals surface area contributed by atoms with Gasteiger partial charge in [-0.25, -0.2) is 0 Å². The summed E-state index contributed by atoms with van der Waals surface area (Å²) >= 11 is 0. The number of hydrogen-bond acceptors (Lipinski definition) is 2. The van der Waals surface area contributed by atoms with Gasteiger partial charge in [0, 0.05) is 19.1 Å². The van der Waals surface area contributed by atoms with Gasteiger partial charge in [-0.15, -0.1) is 0 Å². The molecule has 17 heavy (non-hydrogen) atoms. The minimum atomic E-state index is 0.623. The second-order valence-electron chi connectivity index (χ2n) is 5.68. The second kappa shape index (κ2) is 7.38. The summed E-state index contributed by atoms with van der Waals surface area (Å²) < 4.78 is 0. The number of likely N-dealkylation sites (N-methyl/N-ethyl adjacent to an activating group) is 1. The average molecular weight is 240 g/mol. The molecule has 102 valence electrons. The van der Waals surface area contributed by atoms with Crippen molar-refractivity contribution < 1.29 is 0 Å². The monoisotopic (exact) mass is 240 g/mol. The van der Waals surface area contributed by atoms with Crippen LogP contribution in [0.3, 0.4) is 0 Å². The fourth-order valence-electron chi connectivity index (χ4n) is 3.17. The van der Waals surface area contributed by atoms with Crippen LogP contribution in [0, 0.1) is 5.41 Å². The first kappa shape index (κ1) is 15.0. The SMILES string of the molecule is CCCC(CNCC)N1CCC(CC)(CC)C1. The Kier molecular flexibility index (Phi) is 6.50. The number of hydrogen-bond donors (Lipinski definition) is 1. The van der Waals surface area contributed by atoms with Crippen molar-refractivity contribution in [3.63, 3.8) is 0 Å². The van der Waals surface area contributed by atoms with E-state index in [0.717, 1.165) is 12.6 Å². The zero-order chi connectivity index (χ0) is 12.7. The van der Waals surface area contributed by atoms with Crippen LogP contribution < -0.4 is 5.32 Å². The Labute approximate surface area is 108 Å². The third kappa shape index (κ3) is 3.96. The molecule has 1 rings (SSSR count). The Morgan fingerprint density at radius 2 is 1.88 bits per heavy atom. The molecule has 0 aliphatic carbocycles. The van der Waals surface area contributed by atoms with E-state index in [1.807, 2.05) is 0 Å². The van der Waals surface area contributed by atoms with Crippen molar-refractivity contribution in [1.29, 1.82) is 0 Å². The lowest BCUT2D eigenvalue weighted by Gasteiger charge is -2.31. The number of likely N-dealkylation sites (tertiary alicyclic amines) is 1. The zero-order valence-corrected chi connectivity index (χ0v) is 12.4. The Morgan fingerprint density at radius 3 is 2.35 bits per heavy atom. The lowest BCUT2D eigenvalue weighted by atomic mass is 9.82. The van der Waals surface area contributed by atoms with Crippen LogP contribution in [-0.2, 0) is 0 Å². The van der Waals surface area contributed by atoms with Gasteiger partial charge >= 0.3 is 0 Å². The van der Waals surface area contributed by atoms with Crippen LogP contribution in [0.2, 0.25) is 0 Å². The highest BCUT2D eigenvalue weighted by Gasteiger charge is 2.37. The molecule has 0 radical (unpaired) electrons. The van der Waals surface area contributed by atoms with Crippen LogP contribution in [-0.4, -0.2) is 37.1 Å². The van der Waals surface area contributed by atoms with Crippen molar-refractivity contribution in [2.24, 2.45) is 5.41 Å². The van der Waals surface area contributed by atoms with Crippen LogP contribution in [0.1, 0.15) is 59.8 Å². The van der Waals surface area contributed by atoms with E-state index in [9.17, 15) is 0 Å². The molecule has 2 heteroatoms. The minimum absolute atomic E-state index is 0.623. The van der Waals surface area contributed by atoms with Gasteiger partial charge < -0.3 is 5.32 Å². The molecule has 0 aromatic rings. The molecule has 1 N–H and O–H groups in total. The molecular weight excluding hydrogens is 208 g/mol. The van der Waals surface area contributed by atoms with Gasteiger partial charge in [0.05, 0.1) is 0 Å². The Hall–Kier alpha value is -0.0800. The van der Waals surface area contributed by atoms with Gasteiger partial charge in [-0.1, -0.05) is 34.1 Å². The van der Waals surface area contributed by atoms with Crippen molar-refractivity contribution in [1.82, 2.24) is 10.2 Å². The summed E-state index contributed by atoms with van der Waals surface area (Å²) in [6, 6.07) is 0.764. The van der Waals surface area contributed by atoms with Crippen LogP contribution in [0.25, 0.3) is 0 Å². The average Bonchev–Trinajstić information content (AvgIpc) is 2.79. The molecule has 1 atom stereocenters. The molecule has 0 aromatic heterocycles. The van der Waals surface area contributed by atoms with Gasteiger partial charge in [-0.3, -0.25) is 4.90 Å². The fraction of sp³-hybridized carbons (Fsp3) is 1.00. The molecule has 0 amide bonds. The maximum atomic E-state index is 3.53. The van der Waals surface area contributed by atoms with Gasteiger partial charge in [0.25, 0.3) is 0 Å². The van der Waals surface area contributed by atoms with Crippen molar-refractivity contribution in [2.45, 2.75) is 65.8 Å². The molecule has 0 spiro atoms. The molecule has 0 saturated carbocycles.